The van der Waals surface area contributed by atoms with E-state index < -0.39 is 17.4 Å². The second kappa shape index (κ2) is 9.54. The SMILES string of the molecule is CC(=O)Nc1ccc(-c2ccc3ncc4c(=O)[nH]c(=O)n(C5CCN(C(=O)[C@H](C)O)CC5)c4c3n2)cn1. The number of piperidine rings is 1. The quantitative estimate of drug-likeness (QED) is 0.350. The van der Waals surface area contributed by atoms with Gasteiger partial charge in [-0.25, -0.2) is 14.8 Å². The molecule has 12 nitrogen and oxygen atoms in total. The monoisotopic (exact) mass is 503 g/mol. The molecule has 1 aliphatic heterocycles. The Bertz CT molecular complexity index is 1630. The first-order valence-corrected chi connectivity index (χ1v) is 11.9. The molecule has 1 fully saturated rings. The van der Waals surface area contributed by atoms with E-state index in [0.29, 0.717) is 59.6 Å². The van der Waals surface area contributed by atoms with Gasteiger partial charge < -0.3 is 15.3 Å². The summed E-state index contributed by atoms with van der Waals surface area (Å²) in [6, 6.07) is 6.66. The Balaban J connectivity index is 1.61. The molecule has 4 aromatic heterocycles. The molecule has 5 heterocycles. The molecule has 4 aromatic rings. The molecule has 37 heavy (non-hydrogen) atoms. The molecule has 0 saturated carbocycles. The number of fused-ring (bicyclic) bond motifs is 3. The summed E-state index contributed by atoms with van der Waals surface area (Å²) >= 11 is 0. The second-order valence-electron chi connectivity index (χ2n) is 9.06. The van der Waals surface area contributed by atoms with Crippen LogP contribution in [0.25, 0.3) is 33.2 Å². The molecule has 5 rings (SSSR count). The maximum Gasteiger partial charge on any atom is 0.329 e. The van der Waals surface area contributed by atoms with Gasteiger partial charge in [-0.15, -0.1) is 0 Å². The van der Waals surface area contributed by atoms with Crippen LogP contribution in [0.15, 0.2) is 46.2 Å². The van der Waals surface area contributed by atoms with Crippen molar-refractivity contribution in [2.45, 2.75) is 38.8 Å². The van der Waals surface area contributed by atoms with Crippen LogP contribution in [-0.4, -0.2) is 65.5 Å². The number of likely N-dealkylation sites (tertiary alicyclic amines) is 1. The Labute approximate surface area is 210 Å². The Morgan fingerprint density at radius 2 is 1.86 bits per heavy atom. The number of aromatic amines is 1. The van der Waals surface area contributed by atoms with Crippen LogP contribution < -0.4 is 16.6 Å². The summed E-state index contributed by atoms with van der Waals surface area (Å²) < 4.78 is 1.54. The number of pyridine rings is 3. The Hall–Kier alpha value is -4.45. The van der Waals surface area contributed by atoms with Crippen molar-refractivity contribution in [2.24, 2.45) is 0 Å². The number of anilines is 1. The van der Waals surface area contributed by atoms with Crippen molar-refractivity contribution in [1.82, 2.24) is 29.4 Å². The van der Waals surface area contributed by atoms with Gasteiger partial charge in [0.05, 0.1) is 22.1 Å². The molecule has 0 unspecified atom stereocenters. The summed E-state index contributed by atoms with van der Waals surface area (Å²) in [5.74, 6) is -0.174. The lowest BCUT2D eigenvalue weighted by Gasteiger charge is -2.34. The van der Waals surface area contributed by atoms with Crippen LogP contribution in [0, 0.1) is 0 Å². The highest BCUT2D eigenvalue weighted by atomic mass is 16.3. The van der Waals surface area contributed by atoms with Crippen LogP contribution in [0.3, 0.4) is 0 Å². The fourth-order valence-corrected chi connectivity index (χ4v) is 4.71. The molecule has 1 aliphatic rings. The zero-order valence-corrected chi connectivity index (χ0v) is 20.3. The summed E-state index contributed by atoms with van der Waals surface area (Å²) in [5, 5.41) is 12.5. The average molecular weight is 504 g/mol. The number of nitrogens with zero attached hydrogens (tertiary/aromatic N) is 5. The van der Waals surface area contributed by atoms with Crippen LogP contribution in [0.4, 0.5) is 5.82 Å². The predicted molar refractivity (Wildman–Crippen MR) is 136 cm³/mol. The minimum Gasteiger partial charge on any atom is -0.384 e. The smallest absolute Gasteiger partial charge is 0.329 e. The zero-order chi connectivity index (χ0) is 26.3. The number of hydrogen-bond acceptors (Lipinski definition) is 8. The number of hydrogen-bond donors (Lipinski definition) is 3. The van der Waals surface area contributed by atoms with E-state index in [1.807, 2.05) is 0 Å². The van der Waals surface area contributed by atoms with Crippen molar-refractivity contribution >= 4 is 39.6 Å². The third-order valence-electron chi connectivity index (χ3n) is 6.47. The third kappa shape index (κ3) is 4.58. The fraction of sp³-hybridized carbons (Fsp3) is 0.320. The molecule has 1 saturated heterocycles. The first-order valence-electron chi connectivity index (χ1n) is 11.9. The van der Waals surface area contributed by atoms with Crippen molar-refractivity contribution in [1.29, 1.82) is 0 Å². The minimum atomic E-state index is -1.09. The Morgan fingerprint density at radius 1 is 1.11 bits per heavy atom. The Morgan fingerprint density at radius 3 is 2.51 bits per heavy atom. The van der Waals surface area contributed by atoms with E-state index >= 15 is 0 Å². The maximum absolute atomic E-state index is 13.1. The number of amides is 2. The van der Waals surface area contributed by atoms with Crippen LogP contribution in [0.5, 0.6) is 0 Å². The molecule has 3 N–H and O–H groups in total. The van der Waals surface area contributed by atoms with Crippen molar-refractivity contribution < 1.29 is 14.7 Å². The molecule has 1 atom stereocenters. The van der Waals surface area contributed by atoms with Gasteiger partial charge in [0.15, 0.2) is 0 Å². The largest absolute Gasteiger partial charge is 0.384 e. The zero-order valence-electron chi connectivity index (χ0n) is 20.3. The normalized spacial score (nSPS) is 15.2. The van der Waals surface area contributed by atoms with Crippen molar-refractivity contribution in [3.8, 4) is 11.3 Å². The van der Waals surface area contributed by atoms with Crippen LogP contribution in [-0.2, 0) is 9.59 Å². The number of rotatable bonds is 4. The number of aliphatic hydroxyl groups is 1. The summed E-state index contributed by atoms with van der Waals surface area (Å²) in [6.45, 7) is 3.57. The number of carbonyl (C=O) groups is 2. The lowest BCUT2D eigenvalue weighted by atomic mass is 10.0. The number of aromatic nitrogens is 5. The highest BCUT2D eigenvalue weighted by Gasteiger charge is 2.28. The standard InChI is InChI=1S/C25H25N7O5/c1-13(33)24(36)31-9-7-16(8-10-31)32-22-17(23(35)30-25(32)37)12-26-19-5-4-18(29-21(19)22)15-3-6-20(27-11-15)28-14(2)34/h3-6,11-13,16,33H,7-10H2,1-2H3,(H,27,28,34)(H,30,35,37)/t13-/m0/s1. The predicted octanol–water partition coefficient (Wildman–Crippen LogP) is 1.20. The molecular formula is C25H25N7O5. The van der Waals surface area contributed by atoms with E-state index in [4.69, 9.17) is 4.98 Å². The van der Waals surface area contributed by atoms with Crippen molar-refractivity contribution in [3.63, 3.8) is 0 Å². The first-order chi connectivity index (χ1) is 17.7. The molecule has 2 amide bonds. The minimum absolute atomic E-state index is 0.231. The fourth-order valence-electron chi connectivity index (χ4n) is 4.71. The Kier molecular flexibility index (Phi) is 6.25. The lowest BCUT2D eigenvalue weighted by molar-refractivity contribution is -0.140. The molecule has 0 aliphatic carbocycles. The number of nitrogens with one attached hydrogen (secondary N) is 2. The lowest BCUT2D eigenvalue weighted by Crippen LogP contribution is -2.45. The van der Waals surface area contributed by atoms with E-state index in [0.717, 1.165) is 0 Å². The van der Waals surface area contributed by atoms with Gasteiger partial charge in [0.25, 0.3) is 11.5 Å². The van der Waals surface area contributed by atoms with Crippen molar-refractivity contribution in [3.05, 3.63) is 57.5 Å². The van der Waals surface area contributed by atoms with E-state index in [-0.39, 0.29) is 23.2 Å². The summed E-state index contributed by atoms with van der Waals surface area (Å²) in [5.41, 5.74) is 1.41. The number of aliphatic hydroxyl groups excluding tert-OH is 1. The highest BCUT2D eigenvalue weighted by molar-refractivity contribution is 6.01. The van der Waals surface area contributed by atoms with Gasteiger partial charge in [-0.3, -0.25) is 28.9 Å². The van der Waals surface area contributed by atoms with E-state index in [1.54, 1.807) is 39.9 Å². The highest BCUT2D eigenvalue weighted by Crippen LogP contribution is 2.29. The van der Waals surface area contributed by atoms with E-state index in [9.17, 15) is 24.3 Å². The molecule has 12 heteroatoms. The topological polar surface area (TPSA) is 163 Å². The second-order valence-corrected chi connectivity index (χ2v) is 9.06. The van der Waals surface area contributed by atoms with Crippen LogP contribution in [0.2, 0.25) is 0 Å². The molecule has 0 bridgehead atoms. The number of H-pyrrole nitrogens is 1. The van der Waals surface area contributed by atoms with Gasteiger partial charge in [0.1, 0.15) is 17.4 Å². The van der Waals surface area contributed by atoms with Crippen LogP contribution in [0.1, 0.15) is 32.7 Å². The van der Waals surface area contributed by atoms with Gasteiger partial charge in [-0.05, 0) is 44.0 Å². The molecular weight excluding hydrogens is 478 g/mol. The van der Waals surface area contributed by atoms with E-state index in [1.165, 1.54) is 20.0 Å². The van der Waals surface area contributed by atoms with Gasteiger partial charge in [0, 0.05) is 44.0 Å². The maximum atomic E-state index is 13.1. The molecule has 0 radical (unpaired) electrons. The summed E-state index contributed by atoms with van der Waals surface area (Å²) in [7, 11) is 0. The summed E-state index contributed by atoms with van der Waals surface area (Å²) in [6.07, 6.45) is 2.86. The first kappa shape index (κ1) is 24.3. The van der Waals surface area contributed by atoms with Crippen molar-refractivity contribution in [2.75, 3.05) is 18.4 Å². The molecule has 0 aromatic carbocycles. The average Bonchev–Trinajstić information content (AvgIpc) is 2.88. The number of carbonyl (C=O) groups excluding carboxylic acids is 2. The van der Waals surface area contributed by atoms with Gasteiger partial charge >= 0.3 is 5.69 Å². The molecule has 0 spiro atoms. The summed E-state index contributed by atoms with van der Waals surface area (Å²) in [4.78, 5) is 66.6. The van der Waals surface area contributed by atoms with Gasteiger partial charge in [0.2, 0.25) is 5.91 Å². The molecule has 190 valence electrons. The van der Waals surface area contributed by atoms with Gasteiger partial charge in [-0.1, -0.05) is 0 Å². The van der Waals surface area contributed by atoms with Crippen LogP contribution >= 0.6 is 0 Å². The van der Waals surface area contributed by atoms with E-state index in [2.05, 4.69) is 20.3 Å². The third-order valence-corrected chi connectivity index (χ3v) is 6.47. The van der Waals surface area contributed by atoms with Gasteiger partial charge in [-0.2, -0.15) is 0 Å².